The second kappa shape index (κ2) is 37.6. The van der Waals surface area contributed by atoms with E-state index >= 15 is 0 Å². The third kappa shape index (κ3) is 39.4. The molecular formula is C44H77O9P. The van der Waals surface area contributed by atoms with Crippen LogP contribution in [0.4, 0.5) is 0 Å². The lowest BCUT2D eigenvalue weighted by atomic mass is 9.99. The van der Waals surface area contributed by atoms with E-state index in [1.54, 1.807) is 6.08 Å². The van der Waals surface area contributed by atoms with Gasteiger partial charge in [0, 0.05) is 19.3 Å². The fourth-order valence-electron chi connectivity index (χ4n) is 5.77. The molecule has 2 N–H and O–H groups in total. The number of phosphoric acid groups is 1. The summed E-state index contributed by atoms with van der Waals surface area (Å²) in [6.45, 7) is 5.83. The van der Waals surface area contributed by atoms with Gasteiger partial charge in [-0.3, -0.25) is 18.9 Å². The minimum atomic E-state index is -4.82. The molecule has 0 radical (unpaired) electrons. The summed E-state index contributed by atoms with van der Waals surface area (Å²) in [5.74, 6) is -0.397. The first-order valence-electron chi connectivity index (χ1n) is 21.3. The van der Waals surface area contributed by atoms with E-state index in [-0.39, 0.29) is 38.1 Å². The number of ether oxygens (including phenoxy) is 2. The molecule has 0 aromatic heterocycles. The molecule has 0 aromatic carbocycles. The van der Waals surface area contributed by atoms with Gasteiger partial charge in [-0.2, -0.15) is 0 Å². The van der Waals surface area contributed by atoms with E-state index in [0.29, 0.717) is 6.42 Å². The van der Waals surface area contributed by atoms with Crippen LogP contribution in [0, 0.1) is 5.92 Å². The summed E-state index contributed by atoms with van der Waals surface area (Å²) >= 11 is 0. The Bertz CT molecular complexity index is 1090. The summed E-state index contributed by atoms with van der Waals surface area (Å²) in [6.07, 6.45) is 41.2. The van der Waals surface area contributed by atoms with Crippen LogP contribution >= 0.6 is 7.82 Å². The van der Waals surface area contributed by atoms with Gasteiger partial charge in [-0.25, -0.2) is 4.57 Å². The third-order valence-electron chi connectivity index (χ3n) is 9.37. The normalized spacial score (nSPS) is 13.4. The molecule has 0 aromatic rings. The highest BCUT2D eigenvalue weighted by Gasteiger charge is 2.23. The van der Waals surface area contributed by atoms with Gasteiger partial charge in [0.25, 0.3) is 0 Å². The van der Waals surface area contributed by atoms with Crippen molar-refractivity contribution in [2.45, 2.75) is 194 Å². The number of rotatable bonds is 38. The Kier molecular flexibility index (Phi) is 36.0. The van der Waals surface area contributed by atoms with Gasteiger partial charge in [0.05, 0.1) is 6.61 Å². The highest BCUT2D eigenvalue weighted by molar-refractivity contribution is 7.46. The zero-order chi connectivity index (χ0) is 40.0. The molecule has 1 unspecified atom stereocenters. The first-order valence-corrected chi connectivity index (χ1v) is 22.8. The standard InChI is InChI=1S/C44H77O9P/c1-4-6-7-8-9-10-11-14-18-21-24-27-30-34-41(45)35-32-37-44(47)53-42(39-52-54(48,49)50)38-51-43(46)36-31-28-25-22-19-16-13-12-15-17-20-23-26-29-33-40(3)5-2/h9-10,14,18,24,27,30,34,40,42H,4-8,11-13,15-17,19-23,25-26,28-29,31-33,35-39H2,1-3H3,(H2,48,49,50)/b10-9-,18-14-,27-24-,34-30+/t40?,42-/m1/s1. The van der Waals surface area contributed by atoms with E-state index in [1.165, 1.54) is 102 Å². The number of carbonyl (C=O) groups excluding carboxylic acids is 3. The van der Waals surface area contributed by atoms with Crippen LogP contribution in [0.2, 0.25) is 0 Å². The zero-order valence-corrected chi connectivity index (χ0v) is 35.2. The van der Waals surface area contributed by atoms with Crippen LogP contribution in [0.25, 0.3) is 0 Å². The predicted octanol–water partition coefficient (Wildman–Crippen LogP) is 12.2. The highest BCUT2D eigenvalue weighted by Crippen LogP contribution is 2.36. The molecule has 54 heavy (non-hydrogen) atoms. The van der Waals surface area contributed by atoms with E-state index in [9.17, 15) is 18.9 Å². The van der Waals surface area contributed by atoms with Crippen molar-refractivity contribution in [1.82, 2.24) is 0 Å². The summed E-state index contributed by atoms with van der Waals surface area (Å²) in [7, 11) is -4.82. The molecule has 0 heterocycles. The first kappa shape index (κ1) is 51.7. The van der Waals surface area contributed by atoms with E-state index < -0.39 is 32.5 Å². The molecule has 0 fully saturated rings. The van der Waals surface area contributed by atoms with Gasteiger partial charge in [0.15, 0.2) is 11.9 Å². The number of unbranched alkanes of at least 4 members (excludes halogenated alkanes) is 16. The number of ketones is 1. The average molecular weight is 781 g/mol. The number of carbonyl (C=O) groups is 3. The molecule has 0 aliphatic carbocycles. The highest BCUT2D eigenvalue weighted by atomic mass is 31.2. The maximum absolute atomic E-state index is 12.4. The maximum Gasteiger partial charge on any atom is 0.469 e. The van der Waals surface area contributed by atoms with Crippen LogP contribution in [0.1, 0.15) is 188 Å². The van der Waals surface area contributed by atoms with Gasteiger partial charge >= 0.3 is 19.8 Å². The molecule has 2 atom stereocenters. The summed E-state index contributed by atoms with van der Waals surface area (Å²) in [5.41, 5.74) is 0. The van der Waals surface area contributed by atoms with Crippen LogP contribution in [0.5, 0.6) is 0 Å². The maximum atomic E-state index is 12.4. The largest absolute Gasteiger partial charge is 0.469 e. The second-order valence-electron chi connectivity index (χ2n) is 14.6. The summed E-state index contributed by atoms with van der Waals surface area (Å²) < 4.78 is 26.2. The number of esters is 2. The molecule has 0 bridgehead atoms. The van der Waals surface area contributed by atoms with Crippen molar-refractivity contribution in [2.24, 2.45) is 5.92 Å². The van der Waals surface area contributed by atoms with Crippen molar-refractivity contribution in [3.63, 3.8) is 0 Å². The van der Waals surface area contributed by atoms with Crippen LogP contribution in [0.3, 0.4) is 0 Å². The lowest BCUT2D eigenvalue weighted by molar-refractivity contribution is -0.161. The van der Waals surface area contributed by atoms with Crippen LogP contribution in [-0.2, 0) is 32.9 Å². The lowest BCUT2D eigenvalue weighted by Crippen LogP contribution is -2.29. The van der Waals surface area contributed by atoms with Crippen LogP contribution in [0.15, 0.2) is 48.6 Å². The molecule has 0 amide bonds. The Morgan fingerprint density at radius 2 is 1.17 bits per heavy atom. The molecule has 0 spiro atoms. The van der Waals surface area contributed by atoms with Gasteiger partial charge < -0.3 is 19.3 Å². The molecule has 0 rings (SSSR count). The summed E-state index contributed by atoms with van der Waals surface area (Å²) in [6, 6.07) is 0. The molecule has 0 saturated heterocycles. The predicted molar refractivity (Wildman–Crippen MR) is 221 cm³/mol. The van der Waals surface area contributed by atoms with Crippen molar-refractivity contribution in [3.8, 4) is 0 Å². The first-order chi connectivity index (χ1) is 26.1. The van der Waals surface area contributed by atoms with E-state index in [2.05, 4.69) is 49.6 Å². The molecule has 9 nitrogen and oxygen atoms in total. The zero-order valence-electron chi connectivity index (χ0n) is 34.3. The van der Waals surface area contributed by atoms with Gasteiger partial charge in [-0.15, -0.1) is 0 Å². The van der Waals surface area contributed by atoms with Crippen molar-refractivity contribution in [2.75, 3.05) is 13.2 Å². The number of hydrogen-bond acceptors (Lipinski definition) is 7. The number of allylic oxidation sites excluding steroid dienone is 8. The Morgan fingerprint density at radius 3 is 1.76 bits per heavy atom. The quantitative estimate of drug-likeness (QED) is 0.0157. The summed E-state index contributed by atoms with van der Waals surface area (Å²) in [5, 5.41) is 0. The van der Waals surface area contributed by atoms with Crippen molar-refractivity contribution >= 4 is 25.5 Å². The van der Waals surface area contributed by atoms with Crippen LogP contribution < -0.4 is 0 Å². The fraction of sp³-hybridized carbons (Fsp3) is 0.750. The molecule has 0 aliphatic rings. The van der Waals surface area contributed by atoms with Crippen molar-refractivity contribution in [1.29, 1.82) is 0 Å². The Labute approximate surface area is 329 Å². The molecular weight excluding hydrogens is 703 g/mol. The Morgan fingerprint density at radius 1 is 0.611 bits per heavy atom. The SMILES string of the molecule is CCCCC/C=C\C/C=C\C/C=C\C=C\C(=O)CCCC(=O)O[C@H](COC(=O)CCCCCCCCCCCCCCCCC(C)CC)COP(=O)(O)O. The summed E-state index contributed by atoms with van der Waals surface area (Å²) in [4.78, 5) is 55.0. The van der Waals surface area contributed by atoms with Gasteiger partial charge in [0.2, 0.25) is 0 Å². The Balaban J connectivity index is 4.09. The Hall–Kier alpha value is -2.32. The van der Waals surface area contributed by atoms with E-state index in [0.717, 1.165) is 44.4 Å². The van der Waals surface area contributed by atoms with Gasteiger partial charge in [0.1, 0.15) is 6.61 Å². The topological polar surface area (TPSA) is 136 Å². The minimum Gasteiger partial charge on any atom is -0.462 e. The minimum absolute atomic E-state index is 0.0770. The van der Waals surface area contributed by atoms with Crippen LogP contribution in [-0.4, -0.2) is 46.8 Å². The number of phosphoric ester groups is 1. The smallest absolute Gasteiger partial charge is 0.462 e. The second-order valence-corrected chi connectivity index (χ2v) is 15.8. The molecule has 0 aliphatic heterocycles. The van der Waals surface area contributed by atoms with Crippen molar-refractivity contribution < 1.29 is 42.7 Å². The lowest BCUT2D eigenvalue weighted by Gasteiger charge is -2.18. The van der Waals surface area contributed by atoms with Gasteiger partial charge in [-0.05, 0) is 50.5 Å². The fourth-order valence-corrected chi connectivity index (χ4v) is 6.13. The number of hydrogen-bond donors (Lipinski definition) is 2. The monoisotopic (exact) mass is 781 g/mol. The van der Waals surface area contributed by atoms with Gasteiger partial charge in [-0.1, -0.05) is 172 Å². The molecule has 312 valence electrons. The van der Waals surface area contributed by atoms with E-state index in [4.69, 9.17) is 19.3 Å². The third-order valence-corrected chi connectivity index (χ3v) is 9.85. The average Bonchev–Trinajstić information content (AvgIpc) is 3.13. The molecule has 10 heteroatoms. The molecule has 0 saturated carbocycles. The van der Waals surface area contributed by atoms with E-state index in [1.807, 2.05) is 12.2 Å². The van der Waals surface area contributed by atoms with Crippen molar-refractivity contribution in [3.05, 3.63) is 48.6 Å².